The monoisotopic (exact) mass is 245 g/mol. The summed E-state index contributed by atoms with van der Waals surface area (Å²) in [6, 6.07) is 0.0716. The fourth-order valence-electron chi connectivity index (χ4n) is 1.15. The van der Waals surface area contributed by atoms with E-state index in [1.807, 2.05) is 32.7 Å². The van der Waals surface area contributed by atoms with Crippen molar-refractivity contribution in [1.29, 1.82) is 0 Å². The highest BCUT2D eigenvalue weighted by molar-refractivity contribution is 7.80. The van der Waals surface area contributed by atoms with E-state index in [-0.39, 0.29) is 18.0 Å². The predicted octanol–water partition coefficient (Wildman–Crippen LogP) is 0.898. The summed E-state index contributed by atoms with van der Waals surface area (Å²) in [5.41, 5.74) is 5.42. The maximum Gasteiger partial charge on any atom is 0.237 e. The first-order valence-corrected chi connectivity index (χ1v) is 6.08. The molecule has 2 atom stereocenters. The maximum absolute atomic E-state index is 11.8. The average molecular weight is 245 g/mol. The molecule has 0 aromatic rings. The van der Waals surface area contributed by atoms with Crippen LogP contribution < -0.4 is 11.1 Å². The van der Waals surface area contributed by atoms with Gasteiger partial charge < -0.3 is 11.1 Å². The molecule has 2 unspecified atom stereocenters. The summed E-state index contributed by atoms with van der Waals surface area (Å²) in [6.45, 7) is 6.65. The van der Waals surface area contributed by atoms with Crippen LogP contribution in [0, 0.1) is 0 Å². The number of likely N-dealkylation sites (N-methyl/N-ethyl adjacent to an activating group) is 1. The highest BCUT2D eigenvalue weighted by Gasteiger charge is 2.18. The Morgan fingerprint density at radius 3 is 2.50 bits per heavy atom. The Morgan fingerprint density at radius 1 is 1.50 bits per heavy atom. The first-order valence-electron chi connectivity index (χ1n) is 5.67. The molecule has 1 amide bonds. The van der Waals surface area contributed by atoms with Crippen LogP contribution in [0.5, 0.6) is 0 Å². The molecule has 0 aliphatic rings. The Kier molecular flexibility index (Phi) is 7.25. The second-order valence-electron chi connectivity index (χ2n) is 4.19. The normalized spacial score (nSPS) is 14.6. The van der Waals surface area contributed by atoms with Crippen molar-refractivity contribution in [3.63, 3.8) is 0 Å². The third-order valence-electron chi connectivity index (χ3n) is 2.75. The van der Waals surface area contributed by atoms with E-state index in [1.54, 1.807) is 0 Å². The molecule has 0 saturated carbocycles. The number of amides is 1. The lowest BCUT2D eigenvalue weighted by atomic mass is 10.2. The number of hydrogen-bond acceptors (Lipinski definition) is 3. The first-order chi connectivity index (χ1) is 7.38. The van der Waals surface area contributed by atoms with E-state index in [0.29, 0.717) is 18.0 Å². The van der Waals surface area contributed by atoms with Crippen LogP contribution in [0.1, 0.15) is 33.6 Å². The molecule has 0 fully saturated rings. The molecule has 3 N–H and O–H groups in total. The molecule has 0 rings (SSSR count). The average Bonchev–Trinajstić information content (AvgIpc) is 2.24. The van der Waals surface area contributed by atoms with Crippen LogP contribution in [-0.2, 0) is 4.79 Å². The lowest BCUT2D eigenvalue weighted by Crippen LogP contribution is -2.46. The maximum atomic E-state index is 11.8. The highest BCUT2D eigenvalue weighted by Crippen LogP contribution is 1.99. The van der Waals surface area contributed by atoms with Crippen LogP contribution in [-0.4, -0.2) is 41.5 Å². The third kappa shape index (κ3) is 6.02. The minimum atomic E-state index is -0.150. The van der Waals surface area contributed by atoms with Gasteiger partial charge in [0.05, 0.1) is 11.0 Å². The smallest absolute Gasteiger partial charge is 0.237 e. The minimum Gasteiger partial charge on any atom is -0.393 e. The number of hydrogen-bond donors (Lipinski definition) is 2. The molecule has 0 bridgehead atoms. The van der Waals surface area contributed by atoms with Crippen LogP contribution in [0.2, 0.25) is 0 Å². The van der Waals surface area contributed by atoms with Crippen molar-refractivity contribution in [1.82, 2.24) is 10.2 Å². The fourth-order valence-corrected chi connectivity index (χ4v) is 1.24. The van der Waals surface area contributed by atoms with E-state index < -0.39 is 0 Å². The van der Waals surface area contributed by atoms with Gasteiger partial charge in [-0.3, -0.25) is 9.69 Å². The molecule has 94 valence electrons. The quantitative estimate of drug-likeness (QED) is 0.654. The van der Waals surface area contributed by atoms with Crippen LogP contribution >= 0.6 is 12.2 Å². The van der Waals surface area contributed by atoms with E-state index in [9.17, 15) is 4.79 Å². The Morgan fingerprint density at radius 2 is 2.06 bits per heavy atom. The Hall–Kier alpha value is -0.680. The molecular formula is C11H23N3OS. The number of nitrogens with zero attached hydrogens (tertiary/aromatic N) is 1. The van der Waals surface area contributed by atoms with Gasteiger partial charge in [-0.25, -0.2) is 0 Å². The summed E-state index contributed by atoms with van der Waals surface area (Å²) in [5.74, 6) is 0.0554. The highest BCUT2D eigenvalue weighted by atomic mass is 32.1. The first kappa shape index (κ1) is 15.3. The molecule has 0 heterocycles. The Bertz CT molecular complexity index is 245. The van der Waals surface area contributed by atoms with E-state index in [0.717, 1.165) is 6.42 Å². The Labute approximate surface area is 104 Å². The predicted molar refractivity (Wildman–Crippen MR) is 71.4 cm³/mol. The molecule has 16 heavy (non-hydrogen) atoms. The number of carbonyl (C=O) groups is 1. The fraction of sp³-hybridized carbons (Fsp3) is 0.818. The van der Waals surface area contributed by atoms with Gasteiger partial charge in [0.15, 0.2) is 0 Å². The van der Waals surface area contributed by atoms with Gasteiger partial charge in [-0.2, -0.15) is 0 Å². The van der Waals surface area contributed by atoms with Crippen molar-refractivity contribution in [2.45, 2.75) is 45.7 Å². The lowest BCUT2D eigenvalue weighted by molar-refractivity contribution is -0.126. The van der Waals surface area contributed by atoms with E-state index >= 15 is 0 Å². The van der Waals surface area contributed by atoms with Gasteiger partial charge in [0, 0.05) is 19.0 Å². The van der Waals surface area contributed by atoms with Gasteiger partial charge in [0.25, 0.3) is 0 Å². The Balaban J connectivity index is 4.05. The van der Waals surface area contributed by atoms with Gasteiger partial charge in [0.2, 0.25) is 5.91 Å². The van der Waals surface area contributed by atoms with Crippen molar-refractivity contribution in [3.8, 4) is 0 Å². The van der Waals surface area contributed by atoms with Crippen LogP contribution in [0.3, 0.4) is 0 Å². The summed E-state index contributed by atoms with van der Waals surface area (Å²) in [4.78, 5) is 14.2. The zero-order chi connectivity index (χ0) is 12.7. The van der Waals surface area contributed by atoms with Crippen molar-refractivity contribution in [3.05, 3.63) is 0 Å². The van der Waals surface area contributed by atoms with Gasteiger partial charge in [-0.15, -0.1) is 0 Å². The van der Waals surface area contributed by atoms with Gasteiger partial charge in [-0.1, -0.05) is 19.1 Å². The van der Waals surface area contributed by atoms with Gasteiger partial charge in [-0.05, 0) is 27.3 Å². The topological polar surface area (TPSA) is 58.4 Å². The number of thiocarbonyl (C=S) groups is 1. The number of carbonyl (C=O) groups excluding carboxylic acids is 1. The van der Waals surface area contributed by atoms with Crippen molar-refractivity contribution in [2.75, 3.05) is 13.6 Å². The number of rotatable bonds is 7. The van der Waals surface area contributed by atoms with Crippen molar-refractivity contribution >= 4 is 23.1 Å². The van der Waals surface area contributed by atoms with Crippen LogP contribution in [0.15, 0.2) is 0 Å². The molecule has 0 aromatic carbocycles. The summed E-state index contributed by atoms with van der Waals surface area (Å²) < 4.78 is 0. The molecule has 0 aromatic heterocycles. The van der Waals surface area contributed by atoms with E-state index in [4.69, 9.17) is 18.0 Å². The standard InChI is InChI=1S/C11H23N3OS/c1-5-8(2)13-11(15)9(3)14(4)7-6-10(12)16/h8-9H,5-7H2,1-4H3,(H2,12,16)(H,13,15). The molecule has 0 saturated heterocycles. The summed E-state index contributed by atoms with van der Waals surface area (Å²) in [6.07, 6.45) is 1.59. The van der Waals surface area contributed by atoms with E-state index in [1.165, 1.54) is 0 Å². The third-order valence-corrected chi connectivity index (χ3v) is 2.96. The second kappa shape index (κ2) is 7.57. The largest absolute Gasteiger partial charge is 0.393 e. The summed E-state index contributed by atoms with van der Waals surface area (Å²) in [7, 11) is 1.90. The van der Waals surface area contributed by atoms with Crippen molar-refractivity contribution in [2.24, 2.45) is 5.73 Å². The summed E-state index contributed by atoms with van der Waals surface area (Å²) in [5, 5.41) is 2.95. The van der Waals surface area contributed by atoms with E-state index in [2.05, 4.69) is 5.32 Å². The zero-order valence-electron chi connectivity index (χ0n) is 10.6. The van der Waals surface area contributed by atoms with Crippen molar-refractivity contribution < 1.29 is 4.79 Å². The van der Waals surface area contributed by atoms with Crippen LogP contribution in [0.25, 0.3) is 0 Å². The lowest BCUT2D eigenvalue weighted by Gasteiger charge is -2.25. The molecule has 0 aliphatic heterocycles. The molecule has 0 spiro atoms. The SMILES string of the molecule is CCC(C)NC(=O)C(C)N(C)CCC(N)=S. The minimum absolute atomic E-state index is 0.0554. The zero-order valence-corrected chi connectivity index (χ0v) is 11.4. The van der Waals surface area contributed by atoms with Crippen LogP contribution in [0.4, 0.5) is 0 Å². The summed E-state index contributed by atoms with van der Waals surface area (Å²) >= 11 is 4.81. The molecule has 5 heteroatoms. The molecule has 0 aliphatic carbocycles. The van der Waals surface area contributed by atoms with Gasteiger partial charge in [0.1, 0.15) is 0 Å². The molecular weight excluding hydrogens is 222 g/mol. The number of nitrogens with two attached hydrogens (primary N) is 1. The molecule has 4 nitrogen and oxygen atoms in total. The second-order valence-corrected chi connectivity index (χ2v) is 4.72. The molecule has 0 radical (unpaired) electrons. The van der Waals surface area contributed by atoms with Gasteiger partial charge >= 0.3 is 0 Å². The number of nitrogens with one attached hydrogen (secondary N) is 1.